The van der Waals surface area contributed by atoms with E-state index in [1.807, 2.05) is 48.5 Å². The Kier molecular flexibility index (Phi) is 3.48. The minimum atomic E-state index is 0.622. The quantitative estimate of drug-likeness (QED) is 0.846. The normalized spacial score (nSPS) is 13.8. The number of aliphatic imine (C=N–C) groups is 1. The van der Waals surface area contributed by atoms with Gasteiger partial charge in [0, 0.05) is 12.0 Å². The van der Waals surface area contributed by atoms with Gasteiger partial charge in [-0.15, -0.1) is 0 Å². The van der Waals surface area contributed by atoms with Crippen molar-refractivity contribution < 1.29 is 4.74 Å². The number of hydrogen-bond donors (Lipinski definition) is 1. The van der Waals surface area contributed by atoms with Crippen LogP contribution in [0.25, 0.3) is 0 Å². The van der Waals surface area contributed by atoms with Crippen molar-refractivity contribution in [2.75, 3.05) is 12.4 Å². The zero-order valence-electron chi connectivity index (χ0n) is 11.1. The fourth-order valence-electron chi connectivity index (χ4n) is 2.18. The van der Waals surface area contributed by atoms with E-state index in [0.29, 0.717) is 6.42 Å². The second kappa shape index (κ2) is 5.43. The first-order valence-corrected chi connectivity index (χ1v) is 6.78. The maximum Gasteiger partial charge on any atom is 0.119 e. The second-order valence-corrected chi connectivity index (χ2v) is 5.03. The summed E-state index contributed by atoms with van der Waals surface area (Å²) in [6, 6.07) is 15.8. The number of anilines is 1. The van der Waals surface area contributed by atoms with E-state index in [9.17, 15) is 0 Å². The van der Waals surface area contributed by atoms with Gasteiger partial charge >= 0.3 is 0 Å². The number of nitrogens with zero attached hydrogens (tertiary/aromatic N) is 1. The van der Waals surface area contributed by atoms with E-state index < -0.39 is 0 Å². The standard InChI is InChI=1S/C16H14N2OS/c1-19-12-6-4-5-11(9-12)15-10-16(20)18-14-8-3-2-7-13(14)17-15/h2-9H,10H2,1H3,(H,18,20). The SMILES string of the molecule is COc1cccc(C2=Nc3ccccc3NC(=S)C2)c1. The first-order chi connectivity index (χ1) is 9.76. The van der Waals surface area contributed by atoms with E-state index in [1.165, 1.54) is 0 Å². The van der Waals surface area contributed by atoms with Crippen LogP contribution in [0.3, 0.4) is 0 Å². The molecule has 0 fully saturated rings. The van der Waals surface area contributed by atoms with Crippen LogP contribution in [0.2, 0.25) is 0 Å². The molecule has 20 heavy (non-hydrogen) atoms. The first-order valence-electron chi connectivity index (χ1n) is 6.37. The minimum Gasteiger partial charge on any atom is -0.497 e. The van der Waals surface area contributed by atoms with Crippen molar-refractivity contribution in [1.82, 2.24) is 0 Å². The molecule has 4 heteroatoms. The third-order valence-electron chi connectivity index (χ3n) is 3.16. The smallest absolute Gasteiger partial charge is 0.119 e. The molecule has 0 aliphatic carbocycles. The van der Waals surface area contributed by atoms with Crippen LogP contribution >= 0.6 is 12.2 Å². The Morgan fingerprint density at radius 1 is 1.15 bits per heavy atom. The Bertz CT molecular complexity index is 694. The number of fused-ring (bicyclic) bond motifs is 1. The molecule has 100 valence electrons. The summed E-state index contributed by atoms with van der Waals surface area (Å²) in [5.74, 6) is 0.821. The highest BCUT2D eigenvalue weighted by Crippen LogP contribution is 2.29. The summed E-state index contributed by atoms with van der Waals surface area (Å²) in [5.41, 5.74) is 3.84. The number of methoxy groups -OCH3 is 1. The van der Waals surface area contributed by atoms with Crippen LogP contribution in [-0.2, 0) is 0 Å². The summed E-state index contributed by atoms with van der Waals surface area (Å²) in [4.78, 5) is 5.52. The van der Waals surface area contributed by atoms with Gasteiger partial charge in [0.25, 0.3) is 0 Å². The van der Waals surface area contributed by atoms with Crippen molar-refractivity contribution in [2.45, 2.75) is 6.42 Å². The Morgan fingerprint density at radius 2 is 2.00 bits per heavy atom. The van der Waals surface area contributed by atoms with Crippen molar-refractivity contribution >= 4 is 34.3 Å². The van der Waals surface area contributed by atoms with E-state index >= 15 is 0 Å². The van der Waals surface area contributed by atoms with Crippen molar-refractivity contribution in [3.63, 3.8) is 0 Å². The van der Waals surface area contributed by atoms with Gasteiger partial charge in [0.05, 0.1) is 29.2 Å². The van der Waals surface area contributed by atoms with Crippen LogP contribution < -0.4 is 10.1 Å². The van der Waals surface area contributed by atoms with Crippen molar-refractivity contribution in [3.05, 3.63) is 54.1 Å². The molecule has 0 amide bonds. The third-order valence-corrected chi connectivity index (χ3v) is 3.41. The molecule has 2 aromatic rings. The van der Waals surface area contributed by atoms with Gasteiger partial charge < -0.3 is 10.1 Å². The molecule has 1 aliphatic rings. The topological polar surface area (TPSA) is 33.6 Å². The summed E-state index contributed by atoms with van der Waals surface area (Å²) in [6.45, 7) is 0. The van der Waals surface area contributed by atoms with E-state index in [1.54, 1.807) is 7.11 Å². The number of ether oxygens (including phenoxy) is 1. The summed E-state index contributed by atoms with van der Waals surface area (Å²) < 4.78 is 5.27. The number of benzene rings is 2. The number of para-hydroxylation sites is 2. The lowest BCUT2D eigenvalue weighted by Gasteiger charge is -2.07. The molecule has 3 rings (SSSR count). The number of hydrogen-bond acceptors (Lipinski definition) is 3. The van der Waals surface area contributed by atoms with Gasteiger partial charge in [0.15, 0.2) is 0 Å². The molecular formula is C16H14N2OS. The molecule has 0 radical (unpaired) electrons. The van der Waals surface area contributed by atoms with Gasteiger partial charge in [-0.2, -0.15) is 0 Å². The summed E-state index contributed by atoms with van der Waals surface area (Å²) in [5, 5.41) is 3.24. The molecule has 1 N–H and O–H groups in total. The Hall–Kier alpha value is -2.20. The fraction of sp³-hybridized carbons (Fsp3) is 0.125. The van der Waals surface area contributed by atoms with Crippen molar-refractivity contribution in [1.29, 1.82) is 0 Å². The molecule has 3 nitrogen and oxygen atoms in total. The maximum atomic E-state index is 5.38. The number of rotatable bonds is 2. The molecular weight excluding hydrogens is 268 g/mol. The molecule has 1 aliphatic heterocycles. The largest absolute Gasteiger partial charge is 0.497 e. The molecule has 0 spiro atoms. The monoisotopic (exact) mass is 282 g/mol. The molecule has 0 unspecified atom stereocenters. The average Bonchev–Trinajstić information content (AvgIpc) is 2.65. The van der Waals surface area contributed by atoms with Gasteiger partial charge in [-0.25, -0.2) is 0 Å². The third kappa shape index (κ3) is 2.56. The lowest BCUT2D eigenvalue weighted by Crippen LogP contribution is -2.12. The van der Waals surface area contributed by atoms with Crippen LogP contribution in [0.5, 0.6) is 5.75 Å². The molecule has 0 aromatic heterocycles. The van der Waals surface area contributed by atoms with Gasteiger partial charge in [0.1, 0.15) is 5.75 Å². The number of thiocarbonyl (C=S) groups is 1. The second-order valence-electron chi connectivity index (χ2n) is 4.53. The molecule has 1 heterocycles. The predicted molar refractivity (Wildman–Crippen MR) is 86.5 cm³/mol. The predicted octanol–water partition coefficient (Wildman–Crippen LogP) is 3.96. The Morgan fingerprint density at radius 3 is 2.85 bits per heavy atom. The van der Waals surface area contributed by atoms with Gasteiger partial charge in [-0.05, 0) is 24.3 Å². The highest BCUT2D eigenvalue weighted by Gasteiger charge is 2.14. The number of nitrogens with one attached hydrogen (secondary N) is 1. The van der Waals surface area contributed by atoms with Crippen LogP contribution in [-0.4, -0.2) is 17.8 Å². The zero-order valence-corrected chi connectivity index (χ0v) is 11.9. The Labute approximate surface area is 123 Å². The molecule has 0 saturated heterocycles. The van der Waals surface area contributed by atoms with Gasteiger partial charge in [0.2, 0.25) is 0 Å². The lowest BCUT2D eigenvalue weighted by molar-refractivity contribution is 0.414. The summed E-state index contributed by atoms with van der Waals surface area (Å²) >= 11 is 5.38. The average molecular weight is 282 g/mol. The van der Waals surface area contributed by atoms with E-state index in [4.69, 9.17) is 21.9 Å². The molecule has 0 saturated carbocycles. The van der Waals surface area contributed by atoms with Crippen LogP contribution in [0.1, 0.15) is 12.0 Å². The van der Waals surface area contributed by atoms with E-state index in [-0.39, 0.29) is 0 Å². The Balaban J connectivity index is 2.08. The summed E-state index contributed by atoms with van der Waals surface area (Å²) in [7, 11) is 1.66. The maximum absolute atomic E-state index is 5.38. The highest BCUT2D eigenvalue weighted by molar-refractivity contribution is 7.80. The van der Waals surface area contributed by atoms with Crippen LogP contribution in [0.4, 0.5) is 11.4 Å². The lowest BCUT2D eigenvalue weighted by atomic mass is 10.1. The summed E-state index contributed by atoms with van der Waals surface area (Å²) in [6.07, 6.45) is 0.622. The van der Waals surface area contributed by atoms with E-state index in [2.05, 4.69) is 5.32 Å². The minimum absolute atomic E-state index is 0.622. The van der Waals surface area contributed by atoms with Gasteiger partial charge in [-0.3, -0.25) is 4.99 Å². The molecule has 2 aromatic carbocycles. The van der Waals surface area contributed by atoms with Crippen LogP contribution in [0, 0.1) is 0 Å². The first kappa shape index (κ1) is 12.8. The zero-order chi connectivity index (χ0) is 13.9. The highest BCUT2D eigenvalue weighted by atomic mass is 32.1. The van der Waals surface area contributed by atoms with Crippen LogP contribution in [0.15, 0.2) is 53.5 Å². The molecule has 0 atom stereocenters. The van der Waals surface area contributed by atoms with Crippen molar-refractivity contribution in [2.24, 2.45) is 4.99 Å². The van der Waals surface area contributed by atoms with Crippen molar-refractivity contribution in [3.8, 4) is 5.75 Å². The molecule has 0 bridgehead atoms. The van der Waals surface area contributed by atoms with E-state index in [0.717, 1.165) is 33.4 Å². The van der Waals surface area contributed by atoms with Gasteiger partial charge in [-0.1, -0.05) is 36.5 Å². The fourth-order valence-corrected chi connectivity index (χ4v) is 2.42.